The minimum absolute atomic E-state index is 0.253. The van der Waals surface area contributed by atoms with Gasteiger partial charge in [-0.2, -0.15) is 0 Å². The highest BCUT2D eigenvalue weighted by Gasteiger charge is 2.04. The van der Waals surface area contributed by atoms with Gasteiger partial charge >= 0.3 is 0 Å². The third-order valence-corrected chi connectivity index (χ3v) is 2.30. The highest BCUT2D eigenvalue weighted by Crippen LogP contribution is 2.23. The first-order valence-electron chi connectivity index (χ1n) is 4.41. The second-order valence-corrected chi connectivity index (χ2v) is 3.57. The highest BCUT2D eigenvalue weighted by atomic mass is 35.5. The van der Waals surface area contributed by atoms with Crippen LogP contribution in [0.1, 0.15) is 5.56 Å². The number of aromatic nitrogens is 2. The minimum Gasteiger partial charge on any atom is -0.236 e. The van der Waals surface area contributed by atoms with Crippen molar-refractivity contribution >= 4 is 11.6 Å². The minimum atomic E-state index is -0.253. The standard InChI is InChI=1S/C11H8ClFN2/c1-7-4-8(13)2-3-9(7)10-5-11(12)15-6-14-10/h2-6H,1H3. The number of benzene rings is 1. The van der Waals surface area contributed by atoms with E-state index in [2.05, 4.69) is 9.97 Å². The third-order valence-electron chi connectivity index (χ3n) is 2.10. The van der Waals surface area contributed by atoms with Crippen LogP contribution in [0.4, 0.5) is 4.39 Å². The quantitative estimate of drug-likeness (QED) is 0.693. The van der Waals surface area contributed by atoms with Crippen LogP contribution in [-0.4, -0.2) is 9.97 Å². The summed E-state index contributed by atoms with van der Waals surface area (Å²) >= 11 is 5.75. The Bertz CT molecular complexity index is 500. The van der Waals surface area contributed by atoms with E-state index in [1.165, 1.54) is 18.5 Å². The molecule has 0 saturated heterocycles. The van der Waals surface area contributed by atoms with Crippen molar-refractivity contribution < 1.29 is 4.39 Å². The van der Waals surface area contributed by atoms with Crippen LogP contribution >= 0.6 is 11.6 Å². The molecule has 0 radical (unpaired) electrons. The van der Waals surface area contributed by atoms with Crippen LogP contribution in [-0.2, 0) is 0 Å². The molecule has 76 valence electrons. The average Bonchev–Trinajstić information content (AvgIpc) is 2.17. The fourth-order valence-electron chi connectivity index (χ4n) is 1.40. The molecule has 0 unspecified atom stereocenters. The molecular formula is C11H8ClFN2. The molecule has 1 aromatic heterocycles. The second-order valence-electron chi connectivity index (χ2n) is 3.19. The van der Waals surface area contributed by atoms with Crippen LogP contribution in [0.15, 0.2) is 30.6 Å². The van der Waals surface area contributed by atoms with E-state index in [0.717, 1.165) is 11.1 Å². The Balaban J connectivity index is 2.54. The molecule has 2 aromatic rings. The van der Waals surface area contributed by atoms with Crippen molar-refractivity contribution in [3.8, 4) is 11.3 Å². The lowest BCUT2D eigenvalue weighted by Gasteiger charge is -2.04. The summed E-state index contributed by atoms with van der Waals surface area (Å²) < 4.78 is 12.9. The Labute approximate surface area is 91.8 Å². The first-order valence-corrected chi connectivity index (χ1v) is 4.78. The van der Waals surface area contributed by atoms with Gasteiger partial charge in [-0.25, -0.2) is 14.4 Å². The maximum absolute atomic E-state index is 12.9. The lowest BCUT2D eigenvalue weighted by atomic mass is 10.1. The molecule has 0 N–H and O–H groups in total. The van der Waals surface area contributed by atoms with Crippen LogP contribution in [0.3, 0.4) is 0 Å². The summed E-state index contributed by atoms with van der Waals surface area (Å²) in [5, 5.41) is 0.378. The average molecular weight is 223 g/mol. The van der Waals surface area contributed by atoms with Crippen molar-refractivity contribution in [1.82, 2.24) is 9.97 Å². The summed E-state index contributed by atoms with van der Waals surface area (Å²) in [6.07, 6.45) is 1.39. The molecule has 4 heteroatoms. The van der Waals surface area contributed by atoms with Crippen molar-refractivity contribution in [3.63, 3.8) is 0 Å². The van der Waals surface area contributed by atoms with Crippen molar-refractivity contribution in [2.45, 2.75) is 6.92 Å². The van der Waals surface area contributed by atoms with Crippen LogP contribution in [0, 0.1) is 12.7 Å². The summed E-state index contributed by atoms with van der Waals surface area (Å²) in [4.78, 5) is 7.88. The lowest BCUT2D eigenvalue weighted by Crippen LogP contribution is -1.89. The Kier molecular flexibility index (Phi) is 2.64. The van der Waals surface area contributed by atoms with E-state index in [4.69, 9.17) is 11.6 Å². The summed E-state index contributed by atoms with van der Waals surface area (Å²) in [6.45, 7) is 1.83. The van der Waals surface area contributed by atoms with Gasteiger partial charge in [0.15, 0.2) is 0 Å². The molecule has 0 atom stereocenters. The zero-order valence-electron chi connectivity index (χ0n) is 8.04. The van der Waals surface area contributed by atoms with E-state index in [9.17, 15) is 4.39 Å². The predicted octanol–water partition coefficient (Wildman–Crippen LogP) is 3.24. The molecule has 0 aliphatic carbocycles. The van der Waals surface area contributed by atoms with Crippen molar-refractivity contribution in [3.05, 3.63) is 47.1 Å². The maximum atomic E-state index is 12.9. The molecule has 2 rings (SSSR count). The van der Waals surface area contributed by atoms with Gasteiger partial charge in [0, 0.05) is 11.6 Å². The van der Waals surface area contributed by atoms with Gasteiger partial charge in [-0.15, -0.1) is 0 Å². The van der Waals surface area contributed by atoms with E-state index in [0.29, 0.717) is 10.8 Å². The Morgan fingerprint density at radius 3 is 2.67 bits per heavy atom. The molecule has 0 aliphatic rings. The van der Waals surface area contributed by atoms with Gasteiger partial charge in [-0.1, -0.05) is 11.6 Å². The summed E-state index contributed by atoms with van der Waals surface area (Å²) in [7, 11) is 0. The first-order chi connectivity index (χ1) is 7.16. The number of nitrogens with zero attached hydrogens (tertiary/aromatic N) is 2. The van der Waals surface area contributed by atoms with Gasteiger partial charge in [0.05, 0.1) is 5.69 Å². The van der Waals surface area contributed by atoms with E-state index in [1.807, 2.05) is 6.92 Å². The van der Waals surface area contributed by atoms with Gasteiger partial charge in [0.2, 0.25) is 0 Å². The monoisotopic (exact) mass is 222 g/mol. The Morgan fingerprint density at radius 2 is 2.00 bits per heavy atom. The molecule has 0 fully saturated rings. The van der Waals surface area contributed by atoms with Crippen LogP contribution in [0.25, 0.3) is 11.3 Å². The zero-order chi connectivity index (χ0) is 10.8. The molecule has 0 spiro atoms. The fourth-order valence-corrected chi connectivity index (χ4v) is 1.54. The second kappa shape index (κ2) is 3.95. The summed E-state index contributed by atoms with van der Waals surface area (Å²) in [5.41, 5.74) is 2.39. The molecule has 2 nitrogen and oxygen atoms in total. The topological polar surface area (TPSA) is 25.8 Å². The molecule has 0 amide bonds. The molecular weight excluding hydrogens is 215 g/mol. The van der Waals surface area contributed by atoms with E-state index < -0.39 is 0 Å². The molecule has 1 aromatic carbocycles. The van der Waals surface area contributed by atoms with Gasteiger partial charge in [-0.05, 0) is 30.7 Å². The zero-order valence-corrected chi connectivity index (χ0v) is 8.79. The van der Waals surface area contributed by atoms with Gasteiger partial charge in [0.1, 0.15) is 17.3 Å². The maximum Gasteiger partial charge on any atom is 0.133 e. The number of hydrogen-bond acceptors (Lipinski definition) is 2. The smallest absolute Gasteiger partial charge is 0.133 e. The van der Waals surface area contributed by atoms with Gasteiger partial charge in [0.25, 0.3) is 0 Å². The molecule has 0 aliphatic heterocycles. The van der Waals surface area contributed by atoms with E-state index in [1.54, 1.807) is 12.1 Å². The van der Waals surface area contributed by atoms with Crippen molar-refractivity contribution in [2.24, 2.45) is 0 Å². The first kappa shape index (κ1) is 10.1. The van der Waals surface area contributed by atoms with E-state index >= 15 is 0 Å². The summed E-state index contributed by atoms with van der Waals surface area (Å²) in [6, 6.07) is 6.20. The van der Waals surface area contributed by atoms with E-state index in [-0.39, 0.29) is 5.82 Å². The SMILES string of the molecule is Cc1cc(F)ccc1-c1cc(Cl)ncn1. The van der Waals surface area contributed by atoms with Crippen LogP contribution in [0.5, 0.6) is 0 Å². The highest BCUT2D eigenvalue weighted by molar-refractivity contribution is 6.29. The molecule has 1 heterocycles. The van der Waals surface area contributed by atoms with Gasteiger partial charge in [-0.3, -0.25) is 0 Å². The Morgan fingerprint density at radius 1 is 1.20 bits per heavy atom. The molecule has 15 heavy (non-hydrogen) atoms. The molecule has 0 saturated carbocycles. The summed E-state index contributed by atoms with van der Waals surface area (Å²) in [5.74, 6) is -0.253. The normalized spacial score (nSPS) is 10.3. The number of aryl methyl sites for hydroxylation is 1. The number of hydrogen-bond donors (Lipinski definition) is 0. The van der Waals surface area contributed by atoms with Crippen LogP contribution in [0.2, 0.25) is 5.15 Å². The number of halogens is 2. The fraction of sp³-hybridized carbons (Fsp3) is 0.0909. The lowest BCUT2D eigenvalue weighted by molar-refractivity contribution is 0.627. The van der Waals surface area contributed by atoms with Crippen LogP contribution < -0.4 is 0 Å². The van der Waals surface area contributed by atoms with Crippen molar-refractivity contribution in [2.75, 3.05) is 0 Å². The third kappa shape index (κ3) is 2.13. The predicted molar refractivity (Wildman–Crippen MR) is 57.2 cm³/mol. The Hall–Kier alpha value is -1.48. The van der Waals surface area contributed by atoms with Crippen molar-refractivity contribution in [1.29, 1.82) is 0 Å². The molecule has 0 bridgehead atoms. The number of rotatable bonds is 1. The largest absolute Gasteiger partial charge is 0.236 e. The van der Waals surface area contributed by atoms with Gasteiger partial charge < -0.3 is 0 Å².